The van der Waals surface area contributed by atoms with Crippen LogP contribution in [0.4, 0.5) is 0 Å². The third-order valence-electron chi connectivity index (χ3n) is 7.06. The molecule has 32 heavy (non-hydrogen) atoms. The third kappa shape index (κ3) is 2.02. The van der Waals surface area contributed by atoms with Gasteiger partial charge in [-0.25, -0.2) is 0 Å². The summed E-state index contributed by atoms with van der Waals surface area (Å²) < 4.78 is 4.12. The van der Waals surface area contributed by atoms with E-state index in [1.165, 1.54) is 0 Å². The number of carbonyl (C=O) groups excluding carboxylic acids is 2. The first-order chi connectivity index (χ1) is 15.6. The number of amides is 2. The van der Waals surface area contributed by atoms with Crippen molar-refractivity contribution in [2.45, 2.75) is 31.7 Å². The van der Waals surface area contributed by atoms with E-state index < -0.39 is 18.1 Å². The first-order valence-electron chi connectivity index (χ1n) is 10.8. The number of rotatable bonds is 0. The number of nitrogens with one attached hydrogen (secondary N) is 1. The van der Waals surface area contributed by atoms with E-state index >= 15 is 0 Å². The van der Waals surface area contributed by atoms with Crippen LogP contribution in [0, 0.1) is 0 Å². The Bertz CT molecular complexity index is 1660. The second-order valence-corrected chi connectivity index (χ2v) is 8.70. The van der Waals surface area contributed by atoms with Crippen molar-refractivity contribution in [3.05, 3.63) is 59.7 Å². The van der Waals surface area contributed by atoms with Gasteiger partial charge in [0.05, 0.1) is 40.9 Å². The summed E-state index contributed by atoms with van der Waals surface area (Å²) in [5.74, 6) is -0.779. The van der Waals surface area contributed by atoms with Crippen LogP contribution in [0.2, 0.25) is 0 Å². The van der Waals surface area contributed by atoms with Gasteiger partial charge < -0.3 is 19.3 Å². The zero-order chi connectivity index (χ0) is 21.7. The third-order valence-corrected chi connectivity index (χ3v) is 7.06. The van der Waals surface area contributed by atoms with Crippen LogP contribution in [0.15, 0.2) is 48.5 Å². The molecular formula is C25H19N3O4. The Kier molecular flexibility index (Phi) is 3.35. The minimum absolute atomic E-state index is 0.191. The molecule has 0 unspecified atom stereocenters. The van der Waals surface area contributed by atoms with E-state index in [1.807, 2.05) is 53.1 Å². The summed E-state index contributed by atoms with van der Waals surface area (Å²) in [6.07, 6.45) is -1.47. The molecule has 3 aromatic carbocycles. The molecule has 2 aliphatic rings. The molecule has 0 aliphatic carbocycles. The molecule has 7 nitrogen and oxygen atoms in total. The Morgan fingerprint density at radius 3 is 1.91 bits per heavy atom. The van der Waals surface area contributed by atoms with E-state index in [-0.39, 0.29) is 12.5 Å². The molecule has 3 N–H and O–H groups in total. The first-order valence-corrected chi connectivity index (χ1v) is 10.8. The number of aryl methyl sites for hydroxylation is 1. The lowest BCUT2D eigenvalue weighted by Gasteiger charge is -2.18. The van der Waals surface area contributed by atoms with Crippen LogP contribution in [0.5, 0.6) is 0 Å². The molecule has 2 atom stereocenters. The van der Waals surface area contributed by atoms with Gasteiger partial charge in [-0.3, -0.25) is 14.9 Å². The molecule has 5 aromatic rings. The van der Waals surface area contributed by atoms with Crippen LogP contribution in [-0.2, 0) is 13.1 Å². The van der Waals surface area contributed by atoms with Crippen molar-refractivity contribution < 1.29 is 19.8 Å². The molecule has 2 aliphatic heterocycles. The van der Waals surface area contributed by atoms with Crippen LogP contribution in [-0.4, -0.2) is 43.4 Å². The number of nitrogens with zero attached hydrogens (tertiary/aromatic N) is 2. The average molecular weight is 425 g/mol. The fourth-order valence-electron chi connectivity index (χ4n) is 5.72. The summed E-state index contributed by atoms with van der Waals surface area (Å²) in [4.78, 5) is 26.1. The highest BCUT2D eigenvalue weighted by Gasteiger charge is 2.37. The van der Waals surface area contributed by atoms with Crippen LogP contribution >= 0.6 is 0 Å². The molecule has 4 heterocycles. The number of carbonyl (C=O) groups is 2. The van der Waals surface area contributed by atoms with E-state index in [9.17, 15) is 19.8 Å². The number of imide groups is 1. The molecule has 0 radical (unpaired) electrons. The van der Waals surface area contributed by atoms with E-state index in [1.54, 1.807) is 0 Å². The predicted molar refractivity (Wildman–Crippen MR) is 121 cm³/mol. The summed E-state index contributed by atoms with van der Waals surface area (Å²) in [6, 6.07) is 15.6. The number of fused-ring (bicyclic) bond motifs is 9. The second-order valence-electron chi connectivity index (χ2n) is 8.70. The average Bonchev–Trinajstić information content (AvgIpc) is 3.40. The fourth-order valence-corrected chi connectivity index (χ4v) is 5.72. The van der Waals surface area contributed by atoms with Gasteiger partial charge in [-0.2, -0.15) is 0 Å². The lowest BCUT2D eigenvalue weighted by Crippen LogP contribution is -2.30. The van der Waals surface area contributed by atoms with Gasteiger partial charge in [-0.1, -0.05) is 36.4 Å². The first kappa shape index (κ1) is 17.9. The predicted octanol–water partition coefficient (Wildman–Crippen LogP) is 2.91. The Morgan fingerprint density at radius 1 is 0.750 bits per heavy atom. The number of hydrogen-bond acceptors (Lipinski definition) is 4. The highest BCUT2D eigenvalue weighted by molar-refractivity contribution is 6.39. The number of hydrogen-bond donors (Lipinski definition) is 3. The maximum atomic E-state index is 13.0. The van der Waals surface area contributed by atoms with Crippen LogP contribution in [0.25, 0.3) is 43.6 Å². The quantitative estimate of drug-likeness (QED) is 0.333. The van der Waals surface area contributed by atoms with E-state index in [2.05, 4.69) is 9.88 Å². The second kappa shape index (κ2) is 5.97. The van der Waals surface area contributed by atoms with Crippen molar-refractivity contribution in [1.29, 1.82) is 0 Å². The van der Waals surface area contributed by atoms with Crippen molar-refractivity contribution >= 4 is 55.4 Å². The Labute approximate surface area is 181 Å². The van der Waals surface area contributed by atoms with Crippen LogP contribution in [0.1, 0.15) is 27.1 Å². The van der Waals surface area contributed by atoms with Gasteiger partial charge in [0, 0.05) is 39.1 Å². The Balaban J connectivity index is 1.86. The number of aliphatic hydroxyl groups excluding tert-OH is 2. The SMILES string of the molecule is O=C1NC(=O)c2c1c1c3ccccc3n3c1c1c2c2ccccc2n1C[C@@H](O)[C@@H](O)CC3. The summed E-state index contributed by atoms with van der Waals surface area (Å²) in [6.45, 7) is 0.670. The van der Waals surface area contributed by atoms with Gasteiger partial charge in [-0.15, -0.1) is 0 Å². The standard InChI is InChI=1S/C25H19N3O4/c29-16-9-10-27-14-7-3-1-5-12(14)18-20-21(25(32)26-24(20)31)19-13-6-2-4-8-15(13)28(11-17(16)30)23(19)22(18)27/h1-8,16-17,29-30H,9-11H2,(H,26,31,32)/t16-,17+/m0/s1. The largest absolute Gasteiger partial charge is 0.390 e. The molecule has 0 fully saturated rings. The summed E-state index contributed by atoms with van der Waals surface area (Å²) in [5.41, 5.74) is 4.27. The molecule has 0 saturated carbocycles. The Morgan fingerprint density at radius 2 is 1.28 bits per heavy atom. The van der Waals surface area contributed by atoms with Crippen molar-refractivity contribution in [3.63, 3.8) is 0 Å². The maximum absolute atomic E-state index is 13.0. The van der Waals surface area contributed by atoms with Gasteiger partial charge >= 0.3 is 0 Å². The van der Waals surface area contributed by atoms with Gasteiger partial charge in [0.2, 0.25) is 0 Å². The van der Waals surface area contributed by atoms with E-state index in [0.717, 1.165) is 43.6 Å². The number of para-hydroxylation sites is 2. The minimum atomic E-state index is -0.955. The molecule has 0 bridgehead atoms. The van der Waals surface area contributed by atoms with Crippen molar-refractivity contribution in [1.82, 2.24) is 14.5 Å². The summed E-state index contributed by atoms with van der Waals surface area (Å²) in [5, 5.41) is 27.2. The zero-order valence-corrected chi connectivity index (χ0v) is 17.0. The van der Waals surface area contributed by atoms with Crippen molar-refractivity contribution in [2.24, 2.45) is 0 Å². The highest BCUT2D eigenvalue weighted by Crippen LogP contribution is 2.45. The molecule has 158 valence electrons. The fraction of sp³-hybridized carbons (Fsp3) is 0.200. The maximum Gasteiger partial charge on any atom is 0.259 e. The smallest absolute Gasteiger partial charge is 0.259 e. The Hall–Kier alpha value is -3.68. The van der Waals surface area contributed by atoms with Gasteiger partial charge in [0.1, 0.15) is 0 Å². The van der Waals surface area contributed by atoms with Gasteiger partial charge in [0.15, 0.2) is 0 Å². The topological polar surface area (TPSA) is 96.5 Å². The van der Waals surface area contributed by atoms with E-state index in [4.69, 9.17) is 0 Å². The van der Waals surface area contributed by atoms with Crippen molar-refractivity contribution in [3.8, 4) is 0 Å². The lowest BCUT2D eigenvalue weighted by molar-refractivity contribution is 0.00466. The summed E-state index contributed by atoms with van der Waals surface area (Å²) >= 11 is 0. The number of benzene rings is 3. The molecule has 7 rings (SSSR count). The summed E-state index contributed by atoms with van der Waals surface area (Å²) in [7, 11) is 0. The van der Waals surface area contributed by atoms with Crippen LogP contribution in [0.3, 0.4) is 0 Å². The van der Waals surface area contributed by atoms with Gasteiger partial charge in [0.25, 0.3) is 11.8 Å². The highest BCUT2D eigenvalue weighted by atomic mass is 16.3. The molecule has 2 aromatic heterocycles. The van der Waals surface area contributed by atoms with E-state index in [0.29, 0.717) is 24.1 Å². The van der Waals surface area contributed by atoms with Gasteiger partial charge in [-0.05, 0) is 18.6 Å². The van der Waals surface area contributed by atoms with Crippen LogP contribution < -0.4 is 5.32 Å². The molecule has 0 spiro atoms. The number of aliphatic hydroxyl groups is 2. The molecular weight excluding hydrogens is 406 g/mol. The molecule has 0 saturated heterocycles. The zero-order valence-electron chi connectivity index (χ0n) is 17.0. The molecule has 7 heteroatoms. The molecule has 2 amide bonds. The monoisotopic (exact) mass is 425 g/mol. The number of aromatic nitrogens is 2. The normalized spacial score (nSPS) is 20.8. The lowest BCUT2D eigenvalue weighted by atomic mass is 9.96. The minimum Gasteiger partial charge on any atom is -0.390 e. The van der Waals surface area contributed by atoms with Crippen molar-refractivity contribution in [2.75, 3.05) is 0 Å².